The molecule has 0 saturated heterocycles. The minimum absolute atomic E-state index is 0.0384. The fourth-order valence-corrected chi connectivity index (χ4v) is 4.04. The molecule has 2 aromatic carbocycles. The van der Waals surface area contributed by atoms with Crippen LogP contribution in [0.1, 0.15) is 22.8 Å². The van der Waals surface area contributed by atoms with Gasteiger partial charge in [0.2, 0.25) is 10.0 Å². The van der Waals surface area contributed by atoms with Gasteiger partial charge in [-0.25, -0.2) is 8.42 Å². The van der Waals surface area contributed by atoms with Crippen LogP contribution in [0.15, 0.2) is 30.3 Å². The summed E-state index contributed by atoms with van der Waals surface area (Å²) >= 11 is 5.67. The number of alkyl halides is 3. The van der Waals surface area contributed by atoms with Gasteiger partial charge in [0.15, 0.2) is 11.5 Å². The maximum atomic E-state index is 13.4. The highest BCUT2D eigenvalue weighted by molar-refractivity contribution is 7.92. The van der Waals surface area contributed by atoms with Crippen molar-refractivity contribution in [3.05, 3.63) is 46.5 Å². The first-order valence-electron chi connectivity index (χ1n) is 8.75. The molecule has 0 radical (unpaired) electrons. The third-order valence-electron chi connectivity index (χ3n) is 4.24. The summed E-state index contributed by atoms with van der Waals surface area (Å²) in [6.45, 7) is 1.50. The summed E-state index contributed by atoms with van der Waals surface area (Å²) in [6.07, 6.45) is -3.84. The third-order valence-corrected chi connectivity index (χ3v) is 5.73. The molecule has 0 saturated carbocycles. The molecule has 0 bridgehead atoms. The Morgan fingerprint density at radius 3 is 2.19 bits per heavy atom. The van der Waals surface area contributed by atoms with Crippen molar-refractivity contribution in [2.75, 3.05) is 36.6 Å². The van der Waals surface area contributed by atoms with Crippen molar-refractivity contribution in [2.45, 2.75) is 13.1 Å². The lowest BCUT2D eigenvalue weighted by molar-refractivity contribution is -0.136. The number of benzene rings is 2. The van der Waals surface area contributed by atoms with E-state index in [1.807, 2.05) is 0 Å². The molecule has 0 aliphatic rings. The summed E-state index contributed by atoms with van der Waals surface area (Å²) in [5, 5.41) is 2.02. The van der Waals surface area contributed by atoms with Gasteiger partial charge in [0.1, 0.15) is 0 Å². The van der Waals surface area contributed by atoms with Crippen LogP contribution in [0, 0.1) is 0 Å². The topological polar surface area (TPSA) is 84.9 Å². The molecule has 0 aromatic heterocycles. The summed E-state index contributed by atoms with van der Waals surface area (Å²) in [6, 6.07) is 5.35. The van der Waals surface area contributed by atoms with E-state index in [0.717, 1.165) is 16.6 Å². The number of amides is 1. The van der Waals surface area contributed by atoms with Gasteiger partial charge in [0, 0.05) is 17.6 Å². The lowest BCUT2D eigenvalue weighted by atomic mass is 10.1. The predicted octanol–water partition coefficient (Wildman–Crippen LogP) is 4.41. The van der Waals surface area contributed by atoms with Crippen molar-refractivity contribution in [3.8, 4) is 11.5 Å². The van der Waals surface area contributed by atoms with Crippen molar-refractivity contribution < 1.29 is 35.9 Å². The fourth-order valence-electron chi connectivity index (χ4n) is 2.89. The molecule has 1 amide bonds. The molecule has 0 heterocycles. The lowest BCUT2D eigenvalue weighted by Gasteiger charge is -2.25. The maximum Gasteiger partial charge on any atom is 0.418 e. The molecular formula is C19H20ClF3N2O5S. The number of methoxy groups -OCH3 is 2. The molecule has 0 fully saturated rings. The zero-order valence-corrected chi connectivity index (χ0v) is 18.6. The number of carbonyl (C=O) groups excluding carboxylic acids is 1. The Morgan fingerprint density at radius 2 is 1.71 bits per heavy atom. The summed E-state index contributed by atoms with van der Waals surface area (Å²) in [5.74, 6) is -0.752. The van der Waals surface area contributed by atoms with E-state index in [1.165, 1.54) is 32.4 Å². The van der Waals surface area contributed by atoms with Crippen LogP contribution in [0.5, 0.6) is 11.5 Å². The minimum Gasteiger partial charge on any atom is -0.493 e. The summed E-state index contributed by atoms with van der Waals surface area (Å²) in [5.41, 5.74) is -1.99. The van der Waals surface area contributed by atoms with Crippen molar-refractivity contribution in [1.29, 1.82) is 0 Å². The Labute approximate surface area is 182 Å². The molecule has 0 aliphatic carbocycles. The molecule has 12 heteroatoms. The quantitative estimate of drug-likeness (QED) is 0.634. The summed E-state index contributed by atoms with van der Waals surface area (Å²) in [7, 11) is -1.20. The van der Waals surface area contributed by atoms with Crippen LogP contribution in [-0.4, -0.2) is 41.3 Å². The molecule has 7 nitrogen and oxygen atoms in total. The number of carbonyl (C=O) groups is 1. The summed E-state index contributed by atoms with van der Waals surface area (Å²) < 4.78 is 75.9. The number of hydrogen-bond acceptors (Lipinski definition) is 5. The van der Waals surface area contributed by atoms with Gasteiger partial charge in [0.05, 0.1) is 43.0 Å². The predicted molar refractivity (Wildman–Crippen MR) is 112 cm³/mol. The first-order chi connectivity index (χ1) is 14.3. The number of nitrogens with zero attached hydrogens (tertiary/aromatic N) is 1. The minimum atomic E-state index is -4.78. The van der Waals surface area contributed by atoms with Gasteiger partial charge >= 0.3 is 6.18 Å². The number of halogens is 4. The molecule has 1 N–H and O–H groups in total. The van der Waals surface area contributed by atoms with Crippen LogP contribution in [0.25, 0.3) is 0 Å². The highest BCUT2D eigenvalue weighted by Crippen LogP contribution is 2.39. The number of sulfonamides is 1. The fraction of sp³-hybridized carbons (Fsp3) is 0.316. The molecule has 0 atom stereocenters. The van der Waals surface area contributed by atoms with Gasteiger partial charge in [-0.1, -0.05) is 11.6 Å². The average Bonchev–Trinajstić information content (AvgIpc) is 2.67. The lowest BCUT2D eigenvalue weighted by Crippen LogP contribution is -2.31. The monoisotopic (exact) mass is 480 g/mol. The van der Waals surface area contributed by atoms with Crippen LogP contribution in [0.4, 0.5) is 24.5 Å². The van der Waals surface area contributed by atoms with E-state index in [0.29, 0.717) is 6.07 Å². The standard InChI is InChI=1S/C19H20ClF3N2O5S/c1-5-25(31(4,27)28)15-10-17(30-3)16(29-2)9-12(15)18(26)24-14-7-6-11(20)8-13(14)19(21,22)23/h6-10H,5H2,1-4H3,(H,24,26). The molecule has 0 aliphatic heterocycles. The Kier molecular flexibility index (Phi) is 7.32. The average molecular weight is 481 g/mol. The van der Waals surface area contributed by atoms with Gasteiger partial charge < -0.3 is 14.8 Å². The first-order valence-corrected chi connectivity index (χ1v) is 11.0. The van der Waals surface area contributed by atoms with Gasteiger partial charge in [-0.15, -0.1) is 0 Å². The van der Waals surface area contributed by atoms with Gasteiger partial charge in [-0.2, -0.15) is 13.2 Å². The molecule has 0 unspecified atom stereocenters. The van der Waals surface area contributed by atoms with E-state index in [-0.39, 0.29) is 34.3 Å². The van der Waals surface area contributed by atoms with Crippen molar-refractivity contribution in [2.24, 2.45) is 0 Å². The van der Waals surface area contributed by atoms with Crippen LogP contribution in [0.2, 0.25) is 5.02 Å². The number of hydrogen-bond donors (Lipinski definition) is 1. The van der Waals surface area contributed by atoms with E-state index in [1.54, 1.807) is 6.92 Å². The molecule has 2 aromatic rings. The molecule has 2 rings (SSSR count). The van der Waals surface area contributed by atoms with Crippen molar-refractivity contribution in [1.82, 2.24) is 0 Å². The van der Waals surface area contributed by atoms with E-state index in [4.69, 9.17) is 21.1 Å². The Hall–Kier alpha value is -2.66. The van der Waals surface area contributed by atoms with Gasteiger partial charge in [-0.3, -0.25) is 9.10 Å². The Bertz CT molecular complexity index is 1090. The van der Waals surface area contributed by atoms with Crippen LogP contribution in [-0.2, 0) is 16.2 Å². The second kappa shape index (κ2) is 9.23. The Balaban J connectivity index is 2.66. The number of rotatable bonds is 7. The second-order valence-corrected chi connectivity index (χ2v) is 8.64. The highest BCUT2D eigenvalue weighted by Gasteiger charge is 2.35. The van der Waals surface area contributed by atoms with Gasteiger partial charge in [-0.05, 0) is 31.2 Å². The highest BCUT2D eigenvalue weighted by atomic mass is 35.5. The Morgan fingerprint density at radius 1 is 1.13 bits per heavy atom. The summed E-state index contributed by atoms with van der Waals surface area (Å²) in [4.78, 5) is 13.0. The van der Waals surface area contributed by atoms with Gasteiger partial charge in [0.25, 0.3) is 5.91 Å². The number of ether oxygens (including phenoxy) is 2. The van der Waals surface area contributed by atoms with Crippen LogP contribution in [0.3, 0.4) is 0 Å². The van der Waals surface area contributed by atoms with Crippen LogP contribution < -0.4 is 19.1 Å². The zero-order valence-electron chi connectivity index (χ0n) is 17.0. The smallest absolute Gasteiger partial charge is 0.418 e. The normalized spacial score (nSPS) is 11.7. The largest absolute Gasteiger partial charge is 0.493 e. The SMILES string of the molecule is CCN(c1cc(OC)c(OC)cc1C(=O)Nc1ccc(Cl)cc1C(F)(F)F)S(C)(=O)=O. The second-order valence-electron chi connectivity index (χ2n) is 6.29. The number of nitrogens with one attached hydrogen (secondary N) is 1. The van der Waals surface area contributed by atoms with Crippen molar-refractivity contribution in [3.63, 3.8) is 0 Å². The van der Waals surface area contributed by atoms with Crippen LogP contribution >= 0.6 is 11.6 Å². The number of anilines is 2. The van der Waals surface area contributed by atoms with Crippen molar-refractivity contribution >= 4 is 38.9 Å². The van der Waals surface area contributed by atoms with E-state index in [2.05, 4.69) is 5.32 Å². The third kappa shape index (κ3) is 5.53. The maximum absolute atomic E-state index is 13.4. The molecule has 170 valence electrons. The first kappa shape index (κ1) is 24.6. The molecule has 31 heavy (non-hydrogen) atoms. The molecular weight excluding hydrogens is 461 g/mol. The zero-order chi connectivity index (χ0) is 23.6. The van der Waals surface area contributed by atoms with E-state index in [9.17, 15) is 26.4 Å². The molecule has 0 spiro atoms. The van der Waals surface area contributed by atoms with E-state index >= 15 is 0 Å². The van der Waals surface area contributed by atoms with E-state index < -0.39 is 33.4 Å².